The summed E-state index contributed by atoms with van der Waals surface area (Å²) in [5, 5.41) is 0.159. The van der Waals surface area contributed by atoms with E-state index < -0.39 is 5.97 Å². The molecule has 2 saturated heterocycles. The van der Waals surface area contributed by atoms with Crippen LogP contribution in [-0.2, 0) is 9.47 Å². The highest BCUT2D eigenvalue weighted by atomic mass is 35.5. The van der Waals surface area contributed by atoms with Gasteiger partial charge in [-0.05, 0) is 26.2 Å². The molecule has 3 heterocycles. The predicted octanol–water partition coefficient (Wildman–Crippen LogP) is 2.34. The van der Waals surface area contributed by atoms with E-state index in [-0.39, 0.29) is 22.7 Å². The Labute approximate surface area is 116 Å². The average Bonchev–Trinajstić information content (AvgIpc) is 3.01. The monoisotopic (exact) mass is 282 g/mol. The fourth-order valence-corrected chi connectivity index (χ4v) is 3.02. The van der Waals surface area contributed by atoms with Gasteiger partial charge in [-0.1, -0.05) is 11.6 Å². The van der Waals surface area contributed by atoms with Crippen LogP contribution in [0.1, 0.15) is 48.3 Å². The molecule has 102 valence electrons. The van der Waals surface area contributed by atoms with E-state index in [2.05, 4.69) is 9.97 Å². The number of carbonyl (C=O) groups excluding carboxylic acids is 1. The molecule has 0 saturated carbocycles. The van der Waals surface area contributed by atoms with Crippen molar-refractivity contribution in [2.45, 2.75) is 44.3 Å². The van der Waals surface area contributed by atoms with Gasteiger partial charge < -0.3 is 9.47 Å². The van der Waals surface area contributed by atoms with Gasteiger partial charge in [0, 0.05) is 12.1 Å². The molecule has 0 aromatic carbocycles. The van der Waals surface area contributed by atoms with Crippen molar-refractivity contribution in [2.24, 2.45) is 0 Å². The summed E-state index contributed by atoms with van der Waals surface area (Å²) in [4.78, 5) is 20.1. The van der Waals surface area contributed by atoms with Crippen LogP contribution in [0.15, 0.2) is 6.20 Å². The number of fused-ring (bicyclic) bond motifs is 2. The smallest absolute Gasteiger partial charge is 0.342 e. The van der Waals surface area contributed by atoms with Crippen LogP contribution in [0.3, 0.4) is 0 Å². The van der Waals surface area contributed by atoms with Gasteiger partial charge in [-0.2, -0.15) is 0 Å². The van der Waals surface area contributed by atoms with Gasteiger partial charge in [0.15, 0.2) is 0 Å². The predicted molar refractivity (Wildman–Crippen MR) is 68.3 cm³/mol. The summed E-state index contributed by atoms with van der Waals surface area (Å²) in [5.74, 6) is 0.390. The molecule has 2 aliphatic heterocycles. The highest BCUT2D eigenvalue weighted by molar-refractivity contribution is 6.32. The van der Waals surface area contributed by atoms with Crippen molar-refractivity contribution >= 4 is 17.6 Å². The number of hydrogen-bond donors (Lipinski definition) is 0. The Hall–Kier alpha value is -1.20. The normalized spacial score (nSPS) is 28.6. The second-order valence-corrected chi connectivity index (χ2v) is 5.23. The maximum absolute atomic E-state index is 11.6. The van der Waals surface area contributed by atoms with Gasteiger partial charge >= 0.3 is 5.97 Å². The van der Waals surface area contributed by atoms with E-state index >= 15 is 0 Å². The molecule has 6 heteroatoms. The second-order valence-electron chi connectivity index (χ2n) is 4.87. The van der Waals surface area contributed by atoms with Crippen molar-refractivity contribution in [1.82, 2.24) is 9.97 Å². The number of esters is 1. The van der Waals surface area contributed by atoms with Crippen LogP contribution in [0.2, 0.25) is 5.15 Å². The zero-order valence-electron chi connectivity index (χ0n) is 10.6. The number of hydrogen-bond acceptors (Lipinski definition) is 5. The number of rotatable bonds is 3. The van der Waals surface area contributed by atoms with Crippen LogP contribution in [0.4, 0.5) is 0 Å². The lowest BCUT2D eigenvalue weighted by molar-refractivity contribution is 0.0525. The van der Waals surface area contributed by atoms with Crippen molar-refractivity contribution in [1.29, 1.82) is 0 Å². The SMILES string of the molecule is CCOC(=O)c1cnc(C2CC3CCC2O3)nc1Cl. The third-order valence-electron chi connectivity index (χ3n) is 3.69. The highest BCUT2D eigenvalue weighted by Crippen LogP contribution is 2.43. The van der Waals surface area contributed by atoms with Gasteiger partial charge in [0.2, 0.25) is 0 Å². The molecule has 19 heavy (non-hydrogen) atoms. The van der Waals surface area contributed by atoms with E-state index in [4.69, 9.17) is 21.1 Å². The van der Waals surface area contributed by atoms with Crippen molar-refractivity contribution < 1.29 is 14.3 Å². The first-order chi connectivity index (χ1) is 9.19. The Kier molecular flexibility index (Phi) is 3.41. The van der Waals surface area contributed by atoms with Crippen LogP contribution >= 0.6 is 11.6 Å². The van der Waals surface area contributed by atoms with E-state index in [1.807, 2.05) is 0 Å². The van der Waals surface area contributed by atoms with Crippen LogP contribution in [0.25, 0.3) is 0 Å². The number of ether oxygens (including phenoxy) is 2. The van der Waals surface area contributed by atoms with Crippen LogP contribution in [0, 0.1) is 0 Å². The molecule has 0 aliphatic carbocycles. The standard InChI is InChI=1S/C13H15ClN2O3/c1-2-18-13(17)9-6-15-12(16-11(9)14)8-5-7-3-4-10(8)19-7/h6-8,10H,2-5H2,1H3. The maximum atomic E-state index is 11.6. The molecule has 3 rings (SSSR count). The van der Waals surface area contributed by atoms with Gasteiger partial charge in [0.05, 0.1) is 18.8 Å². The minimum atomic E-state index is -0.483. The number of aromatic nitrogens is 2. The fraction of sp³-hybridized carbons (Fsp3) is 0.615. The van der Waals surface area contributed by atoms with E-state index in [0.717, 1.165) is 19.3 Å². The molecule has 0 spiro atoms. The maximum Gasteiger partial charge on any atom is 0.342 e. The summed E-state index contributed by atoms with van der Waals surface area (Å²) in [6, 6.07) is 0. The first kappa shape index (κ1) is 12.8. The van der Waals surface area contributed by atoms with E-state index in [0.29, 0.717) is 18.5 Å². The van der Waals surface area contributed by atoms with Crippen molar-refractivity contribution in [3.63, 3.8) is 0 Å². The summed E-state index contributed by atoms with van der Waals surface area (Å²) < 4.78 is 10.7. The molecule has 0 radical (unpaired) electrons. The van der Waals surface area contributed by atoms with E-state index in [9.17, 15) is 4.79 Å². The summed E-state index contributed by atoms with van der Waals surface area (Å²) in [6.45, 7) is 2.05. The zero-order chi connectivity index (χ0) is 13.4. The van der Waals surface area contributed by atoms with E-state index in [1.165, 1.54) is 6.20 Å². The first-order valence-corrected chi connectivity index (χ1v) is 6.92. The molecule has 0 N–H and O–H groups in total. The highest BCUT2D eigenvalue weighted by Gasteiger charge is 2.43. The summed E-state index contributed by atoms with van der Waals surface area (Å²) in [6.07, 6.45) is 5.11. The Morgan fingerprint density at radius 3 is 3.00 bits per heavy atom. The van der Waals surface area contributed by atoms with Gasteiger partial charge in [0.25, 0.3) is 0 Å². The summed E-state index contributed by atoms with van der Waals surface area (Å²) in [5.41, 5.74) is 0.219. The lowest BCUT2D eigenvalue weighted by atomic mass is 9.88. The lowest BCUT2D eigenvalue weighted by Crippen LogP contribution is -2.18. The molecule has 5 nitrogen and oxygen atoms in total. The first-order valence-electron chi connectivity index (χ1n) is 6.54. The minimum absolute atomic E-state index is 0.159. The van der Waals surface area contributed by atoms with Crippen LogP contribution in [-0.4, -0.2) is 34.8 Å². The Morgan fingerprint density at radius 1 is 1.58 bits per heavy atom. The molecule has 3 unspecified atom stereocenters. The molecule has 1 aromatic rings. The topological polar surface area (TPSA) is 61.3 Å². The third-order valence-corrected chi connectivity index (χ3v) is 3.98. The summed E-state index contributed by atoms with van der Waals surface area (Å²) in [7, 11) is 0. The minimum Gasteiger partial charge on any atom is -0.462 e. The van der Waals surface area contributed by atoms with Gasteiger partial charge in [-0.25, -0.2) is 14.8 Å². The lowest BCUT2D eigenvalue weighted by Gasteiger charge is -2.17. The van der Waals surface area contributed by atoms with Crippen LogP contribution in [0.5, 0.6) is 0 Å². The third kappa shape index (κ3) is 2.32. The average molecular weight is 283 g/mol. The Morgan fingerprint density at radius 2 is 2.42 bits per heavy atom. The molecular formula is C13H15ClN2O3. The Balaban J connectivity index is 1.81. The molecule has 2 bridgehead atoms. The number of nitrogens with zero attached hydrogens (tertiary/aromatic N) is 2. The van der Waals surface area contributed by atoms with Crippen LogP contribution < -0.4 is 0 Å². The molecule has 2 fully saturated rings. The van der Waals surface area contributed by atoms with Gasteiger partial charge in [-0.15, -0.1) is 0 Å². The largest absolute Gasteiger partial charge is 0.462 e. The zero-order valence-corrected chi connectivity index (χ0v) is 11.4. The van der Waals surface area contributed by atoms with Crippen molar-refractivity contribution in [3.05, 3.63) is 22.7 Å². The molecule has 2 aliphatic rings. The quantitative estimate of drug-likeness (QED) is 0.629. The number of halogens is 1. The molecule has 1 aromatic heterocycles. The van der Waals surface area contributed by atoms with Crippen molar-refractivity contribution in [2.75, 3.05) is 6.61 Å². The Bertz CT molecular complexity index is 509. The van der Waals surface area contributed by atoms with Gasteiger partial charge in [-0.3, -0.25) is 0 Å². The second kappa shape index (κ2) is 5.06. The fourth-order valence-electron chi connectivity index (χ4n) is 2.81. The van der Waals surface area contributed by atoms with E-state index in [1.54, 1.807) is 6.92 Å². The summed E-state index contributed by atoms with van der Waals surface area (Å²) >= 11 is 6.05. The number of carbonyl (C=O) groups is 1. The molecular weight excluding hydrogens is 268 g/mol. The molecule has 0 amide bonds. The molecule has 3 atom stereocenters. The van der Waals surface area contributed by atoms with Gasteiger partial charge in [0.1, 0.15) is 16.5 Å². The van der Waals surface area contributed by atoms with Crippen molar-refractivity contribution in [3.8, 4) is 0 Å².